The van der Waals surface area contributed by atoms with Crippen molar-refractivity contribution in [1.29, 1.82) is 5.26 Å². The van der Waals surface area contributed by atoms with E-state index < -0.39 is 5.97 Å². The first kappa shape index (κ1) is 16.4. The minimum Gasteiger partial charge on any atom is -0.423 e. The molecule has 1 heterocycles. The molecule has 3 rings (SSSR count). The van der Waals surface area contributed by atoms with Crippen molar-refractivity contribution in [1.82, 2.24) is 9.78 Å². The molecule has 0 bridgehead atoms. The monoisotopic (exact) mass is 335 g/mol. The van der Waals surface area contributed by atoms with Crippen LogP contribution in [0.25, 0.3) is 11.3 Å². The number of benzene rings is 2. The molecule has 3 aromatic rings. The highest BCUT2D eigenvalue weighted by Crippen LogP contribution is 2.24. The molecule has 0 spiro atoms. The van der Waals surface area contributed by atoms with Gasteiger partial charge in [0.25, 0.3) is 0 Å². The quantitative estimate of drug-likeness (QED) is 0.525. The Balaban J connectivity index is 1.95. The predicted octanol–water partition coefficient (Wildman–Crippen LogP) is 3.82. The Hall–Kier alpha value is -3.46. The molecule has 0 aliphatic carbocycles. The number of halogens is 1. The fourth-order valence-electron chi connectivity index (χ4n) is 2.32. The summed E-state index contributed by atoms with van der Waals surface area (Å²) in [6.45, 7) is 0.351. The lowest BCUT2D eigenvalue weighted by atomic mass is 10.1. The van der Waals surface area contributed by atoms with E-state index in [1.807, 2.05) is 12.1 Å². The molecule has 0 N–H and O–H groups in total. The summed E-state index contributed by atoms with van der Waals surface area (Å²) in [6, 6.07) is 16.4. The van der Waals surface area contributed by atoms with Crippen LogP contribution in [0.15, 0.2) is 60.8 Å². The van der Waals surface area contributed by atoms with Gasteiger partial charge in [0.15, 0.2) is 0 Å². The molecular formula is C19H14FN3O2. The summed E-state index contributed by atoms with van der Waals surface area (Å²) >= 11 is 0. The molecule has 124 valence electrons. The van der Waals surface area contributed by atoms with Crippen molar-refractivity contribution in [3.63, 3.8) is 0 Å². The Bertz CT molecular complexity index is 912. The third kappa shape index (κ3) is 3.90. The molecule has 2 aromatic carbocycles. The highest BCUT2D eigenvalue weighted by atomic mass is 19.1. The van der Waals surface area contributed by atoms with Crippen LogP contribution in [0.3, 0.4) is 0 Å². The van der Waals surface area contributed by atoms with Crippen molar-refractivity contribution in [2.24, 2.45) is 0 Å². The van der Waals surface area contributed by atoms with Gasteiger partial charge in [0, 0.05) is 11.8 Å². The molecule has 0 fully saturated rings. The standard InChI is InChI=1S/C19H14FN3O2/c20-15-9-7-14(8-10-15)18-17(13-23(22-18)12-4-11-21)19(24)25-16-5-2-1-3-6-16/h1-3,5-10,13H,4,12H2. The lowest BCUT2D eigenvalue weighted by molar-refractivity contribution is 0.0735. The minimum atomic E-state index is -0.561. The Morgan fingerprint density at radius 2 is 1.88 bits per heavy atom. The summed E-state index contributed by atoms with van der Waals surface area (Å²) in [5.74, 6) is -0.517. The van der Waals surface area contributed by atoms with Crippen molar-refractivity contribution in [2.45, 2.75) is 13.0 Å². The second kappa shape index (κ2) is 7.41. The van der Waals surface area contributed by atoms with Crippen LogP contribution in [0.5, 0.6) is 5.75 Å². The molecular weight excluding hydrogens is 321 g/mol. The van der Waals surface area contributed by atoms with Gasteiger partial charge in [0.2, 0.25) is 0 Å². The van der Waals surface area contributed by atoms with Gasteiger partial charge in [-0.1, -0.05) is 18.2 Å². The van der Waals surface area contributed by atoms with Crippen LogP contribution in [-0.4, -0.2) is 15.7 Å². The molecule has 6 heteroatoms. The summed E-state index contributed by atoms with van der Waals surface area (Å²) in [6.07, 6.45) is 1.80. The second-order valence-electron chi connectivity index (χ2n) is 5.27. The van der Waals surface area contributed by atoms with Crippen molar-refractivity contribution >= 4 is 5.97 Å². The topological polar surface area (TPSA) is 67.9 Å². The fraction of sp³-hybridized carbons (Fsp3) is 0.105. The molecule has 25 heavy (non-hydrogen) atoms. The number of hydrogen-bond acceptors (Lipinski definition) is 4. The van der Waals surface area contributed by atoms with E-state index >= 15 is 0 Å². The van der Waals surface area contributed by atoms with Crippen LogP contribution in [0.1, 0.15) is 16.8 Å². The first-order chi connectivity index (χ1) is 12.2. The number of nitriles is 1. The van der Waals surface area contributed by atoms with Gasteiger partial charge in [0.05, 0.1) is 19.0 Å². The SMILES string of the molecule is N#CCCn1cc(C(=O)Oc2ccccc2)c(-c2ccc(F)cc2)n1. The Kier molecular flexibility index (Phi) is 4.86. The van der Waals surface area contributed by atoms with E-state index in [1.54, 1.807) is 42.6 Å². The summed E-state index contributed by atoms with van der Waals surface area (Å²) < 4.78 is 20.1. The zero-order valence-corrected chi connectivity index (χ0v) is 13.2. The van der Waals surface area contributed by atoms with Crippen LogP contribution in [0, 0.1) is 17.1 Å². The molecule has 1 aromatic heterocycles. The molecule has 0 aliphatic heterocycles. The zero-order valence-electron chi connectivity index (χ0n) is 13.2. The zero-order chi connectivity index (χ0) is 17.6. The van der Waals surface area contributed by atoms with Gasteiger partial charge in [-0.2, -0.15) is 10.4 Å². The lowest BCUT2D eigenvalue weighted by Crippen LogP contribution is -2.09. The highest BCUT2D eigenvalue weighted by Gasteiger charge is 2.20. The molecule has 5 nitrogen and oxygen atoms in total. The van der Waals surface area contributed by atoms with E-state index in [1.165, 1.54) is 16.8 Å². The van der Waals surface area contributed by atoms with Crippen molar-refractivity contribution in [2.75, 3.05) is 0 Å². The second-order valence-corrected chi connectivity index (χ2v) is 5.27. The molecule has 0 saturated heterocycles. The summed E-state index contributed by atoms with van der Waals surface area (Å²) in [5, 5.41) is 13.1. The van der Waals surface area contributed by atoms with Crippen LogP contribution in [0.4, 0.5) is 4.39 Å². The summed E-state index contributed by atoms with van der Waals surface area (Å²) in [7, 11) is 0. The van der Waals surface area contributed by atoms with Crippen LogP contribution in [-0.2, 0) is 6.54 Å². The normalized spacial score (nSPS) is 10.2. The first-order valence-corrected chi connectivity index (χ1v) is 7.65. The number of rotatable bonds is 5. The average molecular weight is 335 g/mol. The Morgan fingerprint density at radius 1 is 1.16 bits per heavy atom. The number of nitrogens with zero attached hydrogens (tertiary/aromatic N) is 3. The number of hydrogen-bond donors (Lipinski definition) is 0. The molecule has 0 atom stereocenters. The summed E-state index contributed by atoms with van der Waals surface area (Å²) in [4.78, 5) is 12.5. The number of aromatic nitrogens is 2. The van der Waals surface area contributed by atoms with Gasteiger partial charge in [-0.25, -0.2) is 9.18 Å². The van der Waals surface area contributed by atoms with Crippen molar-refractivity contribution in [3.8, 4) is 23.1 Å². The number of ether oxygens (including phenoxy) is 1. The van der Waals surface area contributed by atoms with E-state index in [-0.39, 0.29) is 17.8 Å². The van der Waals surface area contributed by atoms with Gasteiger partial charge in [0.1, 0.15) is 22.8 Å². The highest BCUT2D eigenvalue weighted by molar-refractivity contribution is 5.97. The largest absolute Gasteiger partial charge is 0.423 e. The minimum absolute atomic E-state index is 0.258. The molecule has 0 aliphatic rings. The van der Waals surface area contributed by atoms with E-state index in [0.29, 0.717) is 23.6 Å². The maximum Gasteiger partial charge on any atom is 0.347 e. The molecule has 0 saturated carbocycles. The van der Waals surface area contributed by atoms with Gasteiger partial charge in [-0.05, 0) is 36.4 Å². The fourth-order valence-corrected chi connectivity index (χ4v) is 2.32. The molecule has 0 radical (unpaired) electrons. The number of carbonyl (C=O) groups is 1. The van der Waals surface area contributed by atoms with E-state index in [0.717, 1.165) is 0 Å². The predicted molar refractivity (Wildman–Crippen MR) is 89.3 cm³/mol. The molecule has 0 unspecified atom stereocenters. The molecule has 0 amide bonds. The average Bonchev–Trinajstić information content (AvgIpc) is 3.06. The number of esters is 1. The van der Waals surface area contributed by atoms with Gasteiger partial charge in [-0.15, -0.1) is 0 Å². The van der Waals surface area contributed by atoms with Crippen molar-refractivity contribution in [3.05, 3.63) is 72.2 Å². The van der Waals surface area contributed by atoms with E-state index in [9.17, 15) is 9.18 Å². The maximum atomic E-state index is 13.2. The van der Waals surface area contributed by atoms with Gasteiger partial charge in [-0.3, -0.25) is 4.68 Å². The van der Waals surface area contributed by atoms with E-state index in [2.05, 4.69) is 5.10 Å². The Morgan fingerprint density at radius 3 is 2.56 bits per heavy atom. The van der Waals surface area contributed by atoms with Gasteiger partial charge >= 0.3 is 5.97 Å². The first-order valence-electron chi connectivity index (χ1n) is 7.65. The van der Waals surface area contributed by atoms with E-state index in [4.69, 9.17) is 10.00 Å². The van der Waals surface area contributed by atoms with Gasteiger partial charge < -0.3 is 4.74 Å². The number of aryl methyl sites for hydroxylation is 1. The summed E-state index contributed by atoms with van der Waals surface area (Å²) in [5.41, 5.74) is 1.24. The number of carbonyl (C=O) groups excluding carboxylic acids is 1. The third-order valence-electron chi connectivity index (χ3n) is 3.51. The van der Waals surface area contributed by atoms with Crippen LogP contribution >= 0.6 is 0 Å². The van der Waals surface area contributed by atoms with Crippen LogP contribution < -0.4 is 4.74 Å². The number of para-hydroxylation sites is 1. The smallest absolute Gasteiger partial charge is 0.347 e. The lowest BCUT2D eigenvalue weighted by Gasteiger charge is -2.04. The third-order valence-corrected chi connectivity index (χ3v) is 3.51. The Labute approximate surface area is 143 Å². The maximum absolute atomic E-state index is 13.2. The van der Waals surface area contributed by atoms with Crippen LogP contribution in [0.2, 0.25) is 0 Å². The van der Waals surface area contributed by atoms with Crippen molar-refractivity contribution < 1.29 is 13.9 Å².